The smallest absolute Gasteiger partial charge is 0.315 e. The van der Waals surface area contributed by atoms with Crippen LogP contribution in [0.4, 0.5) is 0 Å². The molecule has 33 heavy (non-hydrogen) atoms. The number of ketones is 1. The SMILES string of the molecule is COCCOC(=O)C1C(C)=NC2=C(C(=O)C[C@H](c3cccs3)C2)[C@H]1c1ccc(O)c(OC)c1. The molecule has 2 heterocycles. The number of ether oxygens (including phenoxy) is 3. The summed E-state index contributed by atoms with van der Waals surface area (Å²) in [5.74, 6) is -1.45. The summed E-state index contributed by atoms with van der Waals surface area (Å²) in [6, 6.07) is 8.95. The van der Waals surface area contributed by atoms with Crippen LogP contribution in [0.3, 0.4) is 0 Å². The van der Waals surface area contributed by atoms with Crippen molar-refractivity contribution in [1.82, 2.24) is 0 Å². The first-order chi connectivity index (χ1) is 15.9. The lowest BCUT2D eigenvalue weighted by molar-refractivity contribution is -0.147. The van der Waals surface area contributed by atoms with Crippen molar-refractivity contribution >= 4 is 28.8 Å². The maximum absolute atomic E-state index is 13.5. The maximum atomic E-state index is 13.5. The van der Waals surface area contributed by atoms with Gasteiger partial charge < -0.3 is 19.3 Å². The molecular formula is C25H27NO6S. The molecule has 174 valence electrons. The fraction of sp³-hybridized carbons (Fsp3) is 0.400. The van der Waals surface area contributed by atoms with Crippen LogP contribution in [-0.2, 0) is 19.1 Å². The molecule has 7 nitrogen and oxygen atoms in total. The Morgan fingerprint density at radius 1 is 1.21 bits per heavy atom. The molecule has 2 aromatic rings. The van der Waals surface area contributed by atoms with Gasteiger partial charge in [-0.1, -0.05) is 12.1 Å². The molecule has 0 fully saturated rings. The highest BCUT2D eigenvalue weighted by Crippen LogP contribution is 2.48. The van der Waals surface area contributed by atoms with Crippen molar-refractivity contribution in [2.45, 2.75) is 31.6 Å². The number of methoxy groups -OCH3 is 2. The van der Waals surface area contributed by atoms with Gasteiger partial charge in [-0.3, -0.25) is 14.6 Å². The molecule has 0 saturated carbocycles. The van der Waals surface area contributed by atoms with E-state index >= 15 is 0 Å². The number of hydrogen-bond donors (Lipinski definition) is 1. The van der Waals surface area contributed by atoms with E-state index in [-0.39, 0.29) is 36.4 Å². The summed E-state index contributed by atoms with van der Waals surface area (Å²) >= 11 is 1.64. The Labute approximate surface area is 196 Å². The molecule has 0 spiro atoms. The van der Waals surface area contributed by atoms with Gasteiger partial charge >= 0.3 is 5.97 Å². The number of esters is 1. The zero-order valence-corrected chi connectivity index (χ0v) is 19.7. The number of allylic oxidation sites excluding steroid dienone is 2. The van der Waals surface area contributed by atoms with Gasteiger partial charge in [0.2, 0.25) is 0 Å². The average Bonchev–Trinajstić information content (AvgIpc) is 3.33. The standard InChI is InChI=1S/C25H27NO6S/c1-14-22(25(29)32-9-8-30-2)23(15-6-7-18(27)20(13-15)31-3)24-17(26-14)11-16(12-19(24)28)21-5-4-10-33-21/h4-7,10,13,16,22-23,27H,8-9,11-12H2,1-3H3/t16-,22?,23+/m1/s1. The molecule has 0 saturated heterocycles. The summed E-state index contributed by atoms with van der Waals surface area (Å²) in [6.07, 6.45) is 1.00. The van der Waals surface area contributed by atoms with Crippen LogP contribution in [0, 0.1) is 5.92 Å². The maximum Gasteiger partial charge on any atom is 0.315 e. The fourth-order valence-electron chi connectivity index (χ4n) is 4.65. The van der Waals surface area contributed by atoms with Crippen molar-refractivity contribution in [3.8, 4) is 11.5 Å². The molecular weight excluding hydrogens is 442 g/mol. The normalized spacial score (nSPS) is 22.6. The number of nitrogens with zero attached hydrogens (tertiary/aromatic N) is 1. The molecule has 4 rings (SSSR count). The fourth-order valence-corrected chi connectivity index (χ4v) is 5.48. The monoisotopic (exact) mass is 469 g/mol. The Hall–Kier alpha value is -2.97. The Balaban J connectivity index is 1.78. The van der Waals surface area contributed by atoms with Gasteiger partial charge in [0.15, 0.2) is 17.3 Å². The quantitative estimate of drug-likeness (QED) is 0.482. The van der Waals surface area contributed by atoms with Crippen LogP contribution in [0.15, 0.2) is 52.0 Å². The zero-order chi connectivity index (χ0) is 23.5. The van der Waals surface area contributed by atoms with Crippen LogP contribution >= 0.6 is 11.3 Å². The first-order valence-corrected chi connectivity index (χ1v) is 11.7. The number of Topliss-reactive ketones (excluding diaryl/α,β-unsaturated/α-hetero) is 1. The lowest BCUT2D eigenvalue weighted by Crippen LogP contribution is -2.38. The van der Waals surface area contributed by atoms with Gasteiger partial charge in [-0.25, -0.2) is 0 Å². The van der Waals surface area contributed by atoms with Crippen molar-refractivity contribution in [3.05, 3.63) is 57.4 Å². The molecule has 2 aliphatic rings. The largest absolute Gasteiger partial charge is 0.504 e. The second kappa shape index (κ2) is 9.89. The Morgan fingerprint density at radius 3 is 2.73 bits per heavy atom. The third-order valence-corrected chi connectivity index (χ3v) is 7.22. The highest BCUT2D eigenvalue weighted by molar-refractivity contribution is 7.10. The van der Waals surface area contributed by atoms with E-state index in [1.807, 2.05) is 17.5 Å². The molecule has 1 aromatic heterocycles. The summed E-state index contributed by atoms with van der Waals surface area (Å²) in [4.78, 5) is 32.6. The van der Waals surface area contributed by atoms with Crippen LogP contribution in [0.2, 0.25) is 0 Å². The summed E-state index contributed by atoms with van der Waals surface area (Å²) in [5, 5.41) is 12.1. The number of phenolic OH excluding ortho intramolecular Hbond substituents is 1. The lowest BCUT2D eigenvalue weighted by atomic mass is 9.70. The Morgan fingerprint density at radius 2 is 2.03 bits per heavy atom. The average molecular weight is 470 g/mol. The number of phenols is 1. The van der Waals surface area contributed by atoms with Crippen molar-refractivity contribution in [1.29, 1.82) is 0 Å². The van der Waals surface area contributed by atoms with E-state index in [4.69, 9.17) is 19.2 Å². The number of carbonyl (C=O) groups excluding carboxylic acids is 2. The first kappa shape index (κ1) is 23.2. The highest BCUT2D eigenvalue weighted by atomic mass is 32.1. The summed E-state index contributed by atoms with van der Waals surface area (Å²) in [6.45, 7) is 2.20. The number of aliphatic imine (C=N–C) groups is 1. The van der Waals surface area contributed by atoms with E-state index in [9.17, 15) is 14.7 Å². The predicted octanol–water partition coefficient (Wildman–Crippen LogP) is 4.23. The minimum atomic E-state index is -0.753. The molecule has 1 unspecified atom stereocenters. The lowest BCUT2D eigenvalue weighted by Gasteiger charge is -2.36. The molecule has 1 aliphatic heterocycles. The number of hydrogen-bond acceptors (Lipinski definition) is 8. The van der Waals surface area contributed by atoms with Gasteiger partial charge in [0, 0.05) is 47.2 Å². The molecule has 3 atom stereocenters. The minimum absolute atomic E-state index is 0.0106. The Bertz CT molecular complexity index is 1100. The zero-order valence-electron chi connectivity index (χ0n) is 18.9. The molecule has 1 aromatic carbocycles. The van der Waals surface area contributed by atoms with Crippen molar-refractivity contribution in [2.75, 3.05) is 27.4 Å². The highest BCUT2D eigenvalue weighted by Gasteiger charge is 2.45. The van der Waals surface area contributed by atoms with Gasteiger partial charge in [0.1, 0.15) is 12.5 Å². The van der Waals surface area contributed by atoms with Gasteiger partial charge in [-0.05, 0) is 42.5 Å². The van der Waals surface area contributed by atoms with Crippen molar-refractivity contribution in [2.24, 2.45) is 10.9 Å². The van der Waals surface area contributed by atoms with Crippen molar-refractivity contribution < 1.29 is 28.9 Å². The third-order valence-electron chi connectivity index (χ3n) is 6.18. The van der Waals surface area contributed by atoms with Crippen LogP contribution < -0.4 is 4.74 Å². The van der Waals surface area contributed by atoms with E-state index in [2.05, 4.69) is 0 Å². The van der Waals surface area contributed by atoms with E-state index in [0.717, 1.165) is 10.6 Å². The second-order valence-corrected chi connectivity index (χ2v) is 9.18. The first-order valence-electron chi connectivity index (χ1n) is 10.8. The predicted molar refractivity (Wildman–Crippen MR) is 125 cm³/mol. The molecule has 0 bridgehead atoms. The molecule has 0 radical (unpaired) electrons. The number of carbonyl (C=O) groups is 2. The van der Waals surface area contributed by atoms with Gasteiger partial charge in [-0.15, -0.1) is 11.3 Å². The summed E-state index contributed by atoms with van der Waals surface area (Å²) in [7, 11) is 3.00. The van der Waals surface area contributed by atoms with Crippen LogP contribution in [0.1, 0.15) is 42.0 Å². The topological polar surface area (TPSA) is 94.4 Å². The number of benzene rings is 1. The van der Waals surface area contributed by atoms with E-state index < -0.39 is 17.8 Å². The molecule has 0 amide bonds. The van der Waals surface area contributed by atoms with Gasteiger partial charge in [0.25, 0.3) is 0 Å². The minimum Gasteiger partial charge on any atom is -0.504 e. The van der Waals surface area contributed by atoms with E-state index in [1.54, 1.807) is 30.4 Å². The number of rotatable bonds is 7. The molecule has 1 aliphatic carbocycles. The van der Waals surface area contributed by atoms with Crippen LogP contribution in [0.25, 0.3) is 0 Å². The van der Waals surface area contributed by atoms with Crippen LogP contribution in [0.5, 0.6) is 11.5 Å². The van der Waals surface area contributed by atoms with Crippen molar-refractivity contribution in [3.63, 3.8) is 0 Å². The summed E-state index contributed by atoms with van der Waals surface area (Å²) < 4.78 is 15.8. The van der Waals surface area contributed by atoms with E-state index in [0.29, 0.717) is 29.7 Å². The van der Waals surface area contributed by atoms with Gasteiger partial charge in [0.05, 0.1) is 13.7 Å². The van der Waals surface area contributed by atoms with Crippen LogP contribution in [-0.4, -0.2) is 50.0 Å². The van der Waals surface area contributed by atoms with Gasteiger partial charge in [-0.2, -0.15) is 0 Å². The molecule has 1 N–H and O–H groups in total. The Kier molecular flexibility index (Phi) is 6.95. The number of thiophene rings is 1. The van der Waals surface area contributed by atoms with E-state index in [1.165, 1.54) is 20.3 Å². The molecule has 8 heteroatoms. The number of aromatic hydroxyl groups is 1. The summed E-state index contributed by atoms with van der Waals surface area (Å²) in [5.41, 5.74) is 2.57. The third kappa shape index (κ3) is 4.58. The second-order valence-electron chi connectivity index (χ2n) is 8.20.